The number of fused-ring (bicyclic) bond motifs is 1. The monoisotopic (exact) mass is 284 g/mol. The molecule has 0 amide bonds. The Morgan fingerprint density at radius 2 is 2.31 bits per heavy atom. The van der Waals surface area contributed by atoms with Crippen molar-refractivity contribution in [3.63, 3.8) is 0 Å². The standard InChI is InChI=1S/C10H9IN2/c11-8-3-1-6-2-4-9(13)10(6)7(8)5-12/h1,3,9H,2,4,13H2/t9-/m1/s1. The van der Waals surface area contributed by atoms with E-state index in [0.29, 0.717) is 0 Å². The van der Waals surface area contributed by atoms with Crippen molar-refractivity contribution in [3.05, 3.63) is 32.4 Å². The van der Waals surface area contributed by atoms with Gasteiger partial charge in [-0.15, -0.1) is 0 Å². The second kappa shape index (κ2) is 3.28. The molecule has 0 aliphatic heterocycles. The predicted molar refractivity (Wildman–Crippen MR) is 59.1 cm³/mol. The highest BCUT2D eigenvalue weighted by Gasteiger charge is 2.23. The number of rotatable bonds is 0. The predicted octanol–water partition coefficient (Wildman–Crippen LogP) is 2.11. The zero-order valence-electron chi connectivity index (χ0n) is 7.05. The summed E-state index contributed by atoms with van der Waals surface area (Å²) in [6, 6.07) is 6.39. The van der Waals surface area contributed by atoms with Crippen LogP contribution in [0.3, 0.4) is 0 Å². The van der Waals surface area contributed by atoms with Crippen LogP contribution in [0.15, 0.2) is 12.1 Å². The van der Waals surface area contributed by atoms with Gasteiger partial charge in [0.05, 0.1) is 5.56 Å². The van der Waals surface area contributed by atoms with E-state index < -0.39 is 0 Å². The minimum atomic E-state index is 0.0689. The van der Waals surface area contributed by atoms with Gasteiger partial charge in [0.1, 0.15) is 6.07 Å². The maximum Gasteiger partial charge on any atom is 0.101 e. The van der Waals surface area contributed by atoms with E-state index in [1.165, 1.54) is 5.56 Å². The summed E-state index contributed by atoms with van der Waals surface area (Å²) in [7, 11) is 0. The van der Waals surface area contributed by atoms with Crippen molar-refractivity contribution in [1.82, 2.24) is 0 Å². The molecule has 0 spiro atoms. The molecule has 1 aliphatic carbocycles. The van der Waals surface area contributed by atoms with Crippen LogP contribution in [0.2, 0.25) is 0 Å². The Morgan fingerprint density at radius 3 is 3.00 bits per heavy atom. The maximum atomic E-state index is 8.99. The van der Waals surface area contributed by atoms with E-state index in [4.69, 9.17) is 11.0 Å². The van der Waals surface area contributed by atoms with Gasteiger partial charge in [0, 0.05) is 9.61 Å². The molecule has 1 atom stereocenters. The van der Waals surface area contributed by atoms with Crippen LogP contribution in [0.25, 0.3) is 0 Å². The number of hydrogen-bond acceptors (Lipinski definition) is 2. The van der Waals surface area contributed by atoms with Gasteiger partial charge in [0.15, 0.2) is 0 Å². The van der Waals surface area contributed by atoms with E-state index in [1.54, 1.807) is 0 Å². The number of benzene rings is 1. The highest BCUT2D eigenvalue weighted by Crippen LogP contribution is 2.33. The molecule has 66 valence electrons. The molecule has 2 nitrogen and oxygen atoms in total. The molecular weight excluding hydrogens is 275 g/mol. The molecule has 0 radical (unpaired) electrons. The van der Waals surface area contributed by atoms with Gasteiger partial charge in [0.25, 0.3) is 0 Å². The van der Waals surface area contributed by atoms with Crippen LogP contribution >= 0.6 is 22.6 Å². The van der Waals surface area contributed by atoms with Crippen molar-refractivity contribution in [2.45, 2.75) is 18.9 Å². The van der Waals surface area contributed by atoms with Gasteiger partial charge >= 0.3 is 0 Å². The lowest BCUT2D eigenvalue weighted by atomic mass is 10.0. The number of halogens is 1. The first-order valence-electron chi connectivity index (χ1n) is 4.21. The summed E-state index contributed by atoms with van der Waals surface area (Å²) in [5.41, 5.74) is 9.05. The summed E-state index contributed by atoms with van der Waals surface area (Å²) in [5.74, 6) is 0. The largest absolute Gasteiger partial charge is 0.324 e. The highest BCUT2D eigenvalue weighted by molar-refractivity contribution is 14.1. The van der Waals surface area contributed by atoms with Crippen molar-refractivity contribution in [2.24, 2.45) is 5.73 Å². The molecule has 0 saturated carbocycles. The van der Waals surface area contributed by atoms with E-state index in [-0.39, 0.29) is 6.04 Å². The Balaban J connectivity index is 2.69. The lowest BCUT2D eigenvalue weighted by molar-refractivity contribution is 0.712. The Bertz CT molecular complexity index is 393. The van der Waals surface area contributed by atoms with Crippen molar-refractivity contribution in [1.29, 1.82) is 5.26 Å². The fraction of sp³-hybridized carbons (Fsp3) is 0.300. The molecular formula is C10H9IN2. The second-order valence-corrected chi connectivity index (χ2v) is 4.41. The number of nitrogens with zero attached hydrogens (tertiary/aromatic N) is 1. The van der Waals surface area contributed by atoms with Crippen molar-refractivity contribution < 1.29 is 0 Å². The number of hydrogen-bond donors (Lipinski definition) is 1. The van der Waals surface area contributed by atoms with Crippen LogP contribution in [0.1, 0.15) is 29.2 Å². The van der Waals surface area contributed by atoms with E-state index in [0.717, 1.165) is 27.5 Å². The van der Waals surface area contributed by atoms with Crippen molar-refractivity contribution in [2.75, 3.05) is 0 Å². The lowest BCUT2D eigenvalue weighted by Crippen LogP contribution is -2.08. The van der Waals surface area contributed by atoms with Gasteiger partial charge in [-0.25, -0.2) is 0 Å². The average Bonchev–Trinajstić information content (AvgIpc) is 2.49. The summed E-state index contributed by atoms with van der Waals surface area (Å²) in [6.45, 7) is 0. The van der Waals surface area contributed by atoms with E-state index >= 15 is 0 Å². The Labute approximate surface area is 90.9 Å². The van der Waals surface area contributed by atoms with Crippen LogP contribution in [0.5, 0.6) is 0 Å². The van der Waals surface area contributed by atoms with E-state index in [9.17, 15) is 0 Å². The molecule has 0 saturated heterocycles. The second-order valence-electron chi connectivity index (χ2n) is 3.25. The Hall–Kier alpha value is -0.600. The average molecular weight is 284 g/mol. The number of aryl methyl sites for hydroxylation is 1. The zero-order valence-corrected chi connectivity index (χ0v) is 9.21. The molecule has 1 aromatic rings. The van der Waals surface area contributed by atoms with Gasteiger partial charge < -0.3 is 5.73 Å². The number of nitriles is 1. The van der Waals surface area contributed by atoms with Crippen LogP contribution in [0.4, 0.5) is 0 Å². The third-order valence-electron chi connectivity index (χ3n) is 2.49. The van der Waals surface area contributed by atoms with E-state index in [2.05, 4.69) is 34.7 Å². The first-order valence-corrected chi connectivity index (χ1v) is 5.29. The topological polar surface area (TPSA) is 49.8 Å². The molecule has 1 aliphatic rings. The first kappa shape index (κ1) is 8.97. The third-order valence-corrected chi connectivity index (χ3v) is 3.39. The zero-order chi connectivity index (χ0) is 9.42. The molecule has 13 heavy (non-hydrogen) atoms. The molecule has 0 bridgehead atoms. The minimum Gasteiger partial charge on any atom is -0.324 e. The van der Waals surface area contributed by atoms with Gasteiger partial charge in [-0.1, -0.05) is 6.07 Å². The molecule has 1 aromatic carbocycles. The fourth-order valence-corrected chi connectivity index (χ4v) is 2.44. The Kier molecular flexibility index (Phi) is 2.26. The van der Waals surface area contributed by atoms with Gasteiger partial charge in [-0.05, 0) is 52.6 Å². The molecule has 0 unspecified atom stereocenters. The lowest BCUT2D eigenvalue weighted by Gasteiger charge is -2.08. The normalized spacial score (nSPS) is 19.6. The van der Waals surface area contributed by atoms with Gasteiger partial charge in [-0.3, -0.25) is 0 Å². The van der Waals surface area contributed by atoms with Gasteiger partial charge in [-0.2, -0.15) is 5.26 Å². The molecule has 0 fully saturated rings. The third kappa shape index (κ3) is 1.34. The fourth-order valence-electron chi connectivity index (χ4n) is 1.85. The summed E-state index contributed by atoms with van der Waals surface area (Å²) < 4.78 is 1.01. The molecule has 0 heterocycles. The highest BCUT2D eigenvalue weighted by atomic mass is 127. The SMILES string of the molecule is N#Cc1c(I)ccc2c1[C@H](N)CC2. The van der Waals surface area contributed by atoms with Crippen LogP contribution in [0, 0.1) is 14.9 Å². The first-order chi connectivity index (χ1) is 6.24. The minimum absolute atomic E-state index is 0.0689. The van der Waals surface area contributed by atoms with Crippen LogP contribution in [-0.4, -0.2) is 0 Å². The Morgan fingerprint density at radius 1 is 1.54 bits per heavy atom. The van der Waals surface area contributed by atoms with Crippen LogP contribution < -0.4 is 5.73 Å². The van der Waals surface area contributed by atoms with Crippen molar-refractivity contribution in [3.8, 4) is 6.07 Å². The van der Waals surface area contributed by atoms with Crippen molar-refractivity contribution >= 4 is 22.6 Å². The molecule has 3 heteroatoms. The smallest absolute Gasteiger partial charge is 0.101 e. The maximum absolute atomic E-state index is 8.99. The van der Waals surface area contributed by atoms with Gasteiger partial charge in [0.2, 0.25) is 0 Å². The van der Waals surface area contributed by atoms with E-state index in [1.807, 2.05) is 6.07 Å². The summed E-state index contributed by atoms with van der Waals surface area (Å²) in [4.78, 5) is 0. The van der Waals surface area contributed by atoms with Crippen LogP contribution in [-0.2, 0) is 6.42 Å². The molecule has 2 rings (SSSR count). The quantitative estimate of drug-likeness (QED) is 0.742. The number of nitrogens with two attached hydrogens (primary N) is 1. The summed E-state index contributed by atoms with van der Waals surface area (Å²) >= 11 is 2.19. The summed E-state index contributed by atoms with van der Waals surface area (Å²) in [5, 5.41) is 8.99. The summed E-state index contributed by atoms with van der Waals surface area (Å²) in [6.07, 6.45) is 1.99. The molecule has 0 aromatic heterocycles. The molecule has 2 N–H and O–H groups in total.